The molecule has 0 saturated carbocycles. The Kier molecular flexibility index (Phi) is 7.23. The molecular weight excluding hydrogens is 429 g/mol. The number of hydrogen-bond donors (Lipinski definition) is 0. The SMILES string of the molecule is CCN(C(=O)c1cc(OC)cnc1-n1nccn1)[C@@H](C)COc1ncc(C(F)F)cc1F. The summed E-state index contributed by atoms with van der Waals surface area (Å²) in [7, 11) is 1.45. The summed E-state index contributed by atoms with van der Waals surface area (Å²) in [4.78, 5) is 23.9. The van der Waals surface area contributed by atoms with E-state index in [2.05, 4.69) is 20.2 Å². The maximum Gasteiger partial charge on any atom is 0.265 e. The fourth-order valence-electron chi connectivity index (χ4n) is 2.96. The van der Waals surface area contributed by atoms with E-state index in [1.807, 2.05) is 0 Å². The van der Waals surface area contributed by atoms with Gasteiger partial charge in [0.15, 0.2) is 11.6 Å². The highest BCUT2D eigenvalue weighted by Gasteiger charge is 2.26. The van der Waals surface area contributed by atoms with Gasteiger partial charge in [-0.1, -0.05) is 0 Å². The molecule has 0 N–H and O–H groups in total. The van der Waals surface area contributed by atoms with Crippen LogP contribution in [0.25, 0.3) is 5.82 Å². The van der Waals surface area contributed by atoms with E-state index in [0.29, 0.717) is 18.4 Å². The van der Waals surface area contributed by atoms with Crippen molar-refractivity contribution in [1.29, 1.82) is 0 Å². The van der Waals surface area contributed by atoms with Crippen molar-refractivity contribution < 1.29 is 27.4 Å². The van der Waals surface area contributed by atoms with E-state index in [1.165, 1.54) is 41.5 Å². The van der Waals surface area contributed by atoms with Crippen LogP contribution in [0.1, 0.15) is 36.2 Å². The number of carbonyl (C=O) groups excluding carboxylic acids is 1. The number of alkyl halides is 2. The normalized spacial score (nSPS) is 12.0. The van der Waals surface area contributed by atoms with E-state index in [4.69, 9.17) is 9.47 Å². The Balaban J connectivity index is 1.80. The second kappa shape index (κ2) is 10.1. The Labute approximate surface area is 181 Å². The van der Waals surface area contributed by atoms with E-state index in [9.17, 15) is 18.0 Å². The number of rotatable bonds is 9. The zero-order chi connectivity index (χ0) is 23.3. The van der Waals surface area contributed by atoms with E-state index in [1.54, 1.807) is 13.8 Å². The lowest BCUT2D eigenvalue weighted by atomic mass is 10.2. The van der Waals surface area contributed by atoms with Crippen LogP contribution < -0.4 is 9.47 Å². The molecular formula is C20H21F3N6O3. The average Bonchev–Trinajstić information content (AvgIpc) is 3.32. The van der Waals surface area contributed by atoms with Gasteiger partial charge < -0.3 is 14.4 Å². The van der Waals surface area contributed by atoms with Gasteiger partial charge in [0.25, 0.3) is 12.3 Å². The first-order valence-corrected chi connectivity index (χ1v) is 9.63. The molecule has 0 bridgehead atoms. The van der Waals surface area contributed by atoms with Crippen molar-refractivity contribution in [1.82, 2.24) is 29.9 Å². The number of likely N-dealkylation sites (N-methyl/N-ethyl adjacent to an activating group) is 1. The highest BCUT2D eigenvalue weighted by molar-refractivity contribution is 5.97. The van der Waals surface area contributed by atoms with Crippen LogP contribution in [0.3, 0.4) is 0 Å². The van der Waals surface area contributed by atoms with E-state index in [-0.39, 0.29) is 18.0 Å². The summed E-state index contributed by atoms with van der Waals surface area (Å²) in [5, 5.41) is 8.05. The van der Waals surface area contributed by atoms with Gasteiger partial charge in [0.2, 0.25) is 5.88 Å². The quantitative estimate of drug-likeness (QED) is 0.494. The van der Waals surface area contributed by atoms with Crippen LogP contribution in [0.15, 0.2) is 36.9 Å². The molecule has 0 aliphatic rings. The third-order valence-corrected chi connectivity index (χ3v) is 4.59. The minimum Gasteiger partial charge on any atom is -0.495 e. The molecule has 1 atom stereocenters. The second-order valence-electron chi connectivity index (χ2n) is 6.67. The van der Waals surface area contributed by atoms with Crippen LogP contribution in [-0.2, 0) is 0 Å². The van der Waals surface area contributed by atoms with E-state index < -0.39 is 35.6 Å². The Morgan fingerprint density at radius 3 is 2.50 bits per heavy atom. The molecule has 32 heavy (non-hydrogen) atoms. The minimum absolute atomic E-state index is 0.121. The molecule has 1 amide bonds. The number of pyridine rings is 2. The van der Waals surface area contributed by atoms with Crippen LogP contribution in [0, 0.1) is 5.82 Å². The van der Waals surface area contributed by atoms with Crippen molar-refractivity contribution in [2.45, 2.75) is 26.3 Å². The molecule has 0 aromatic carbocycles. The second-order valence-corrected chi connectivity index (χ2v) is 6.67. The summed E-state index contributed by atoms with van der Waals surface area (Å²) in [5.41, 5.74) is -0.349. The molecule has 0 unspecified atom stereocenters. The maximum absolute atomic E-state index is 14.0. The van der Waals surface area contributed by atoms with Crippen molar-refractivity contribution in [3.05, 3.63) is 53.9 Å². The summed E-state index contributed by atoms with van der Waals surface area (Å²) < 4.78 is 49.9. The summed E-state index contributed by atoms with van der Waals surface area (Å²) >= 11 is 0. The smallest absolute Gasteiger partial charge is 0.265 e. The standard InChI is InChI=1S/C20H21F3N6O3/c1-4-28(12(2)11-32-19-16(21)7-13(9-25-19)17(22)23)20(30)15-8-14(31-3)10-24-18(15)29-26-5-6-27-29/h5-10,12,17H,4,11H2,1-3H3/t12-/m0/s1. The molecule has 0 fully saturated rings. The lowest BCUT2D eigenvalue weighted by molar-refractivity contribution is 0.0642. The highest BCUT2D eigenvalue weighted by atomic mass is 19.3. The van der Waals surface area contributed by atoms with Crippen molar-refractivity contribution in [2.24, 2.45) is 0 Å². The zero-order valence-corrected chi connectivity index (χ0v) is 17.6. The number of halogens is 3. The molecule has 0 saturated heterocycles. The van der Waals surface area contributed by atoms with Gasteiger partial charge in [-0.2, -0.15) is 10.2 Å². The Bertz CT molecular complexity index is 1060. The molecule has 0 spiro atoms. The molecule has 9 nitrogen and oxygen atoms in total. The molecule has 12 heteroatoms. The van der Waals surface area contributed by atoms with E-state index >= 15 is 0 Å². The average molecular weight is 450 g/mol. The van der Waals surface area contributed by atoms with Crippen LogP contribution in [0.4, 0.5) is 13.2 Å². The number of methoxy groups -OCH3 is 1. The summed E-state index contributed by atoms with van der Waals surface area (Å²) in [6.07, 6.45) is 2.36. The van der Waals surface area contributed by atoms with E-state index in [0.717, 1.165) is 6.20 Å². The molecule has 0 radical (unpaired) electrons. The third kappa shape index (κ3) is 4.95. The predicted octanol–water partition coefficient (Wildman–Crippen LogP) is 3.07. The topological polar surface area (TPSA) is 95.3 Å². The first-order chi connectivity index (χ1) is 15.3. The Hall–Kier alpha value is -3.70. The van der Waals surface area contributed by atoms with Crippen LogP contribution in [-0.4, -0.2) is 62.1 Å². The van der Waals surface area contributed by atoms with Gasteiger partial charge in [0, 0.05) is 18.3 Å². The van der Waals surface area contributed by atoms with Crippen molar-refractivity contribution in [3.63, 3.8) is 0 Å². The van der Waals surface area contributed by atoms with Crippen LogP contribution >= 0.6 is 0 Å². The third-order valence-electron chi connectivity index (χ3n) is 4.59. The number of nitrogens with zero attached hydrogens (tertiary/aromatic N) is 6. The Morgan fingerprint density at radius 2 is 1.91 bits per heavy atom. The molecule has 3 heterocycles. The summed E-state index contributed by atoms with van der Waals surface area (Å²) in [5.74, 6) is -1.25. The first-order valence-electron chi connectivity index (χ1n) is 9.63. The molecule has 3 aromatic heterocycles. The van der Waals surface area contributed by atoms with Gasteiger partial charge in [0.05, 0.1) is 37.3 Å². The number of hydrogen-bond acceptors (Lipinski definition) is 7. The Morgan fingerprint density at radius 1 is 1.19 bits per heavy atom. The predicted molar refractivity (Wildman–Crippen MR) is 107 cm³/mol. The van der Waals surface area contributed by atoms with Gasteiger partial charge in [0.1, 0.15) is 12.4 Å². The van der Waals surface area contributed by atoms with Gasteiger partial charge in [-0.25, -0.2) is 23.1 Å². The van der Waals surface area contributed by atoms with Gasteiger partial charge in [-0.3, -0.25) is 4.79 Å². The lowest BCUT2D eigenvalue weighted by Crippen LogP contribution is -2.42. The largest absolute Gasteiger partial charge is 0.495 e. The monoisotopic (exact) mass is 450 g/mol. The molecule has 0 aliphatic heterocycles. The number of carbonyl (C=O) groups is 1. The molecule has 170 valence electrons. The zero-order valence-electron chi connectivity index (χ0n) is 17.6. The van der Waals surface area contributed by atoms with Gasteiger partial charge in [-0.15, -0.1) is 4.80 Å². The maximum atomic E-state index is 14.0. The van der Waals surface area contributed by atoms with Crippen molar-refractivity contribution in [3.8, 4) is 17.4 Å². The molecule has 3 rings (SSSR count). The van der Waals surface area contributed by atoms with Crippen molar-refractivity contribution >= 4 is 5.91 Å². The molecule has 3 aromatic rings. The number of aromatic nitrogens is 5. The van der Waals surface area contributed by atoms with Crippen LogP contribution in [0.2, 0.25) is 0 Å². The minimum atomic E-state index is -2.84. The summed E-state index contributed by atoms with van der Waals surface area (Å²) in [6, 6.07) is 1.67. The fourth-order valence-corrected chi connectivity index (χ4v) is 2.96. The van der Waals surface area contributed by atoms with Gasteiger partial charge in [-0.05, 0) is 26.0 Å². The highest BCUT2D eigenvalue weighted by Crippen LogP contribution is 2.23. The lowest BCUT2D eigenvalue weighted by Gasteiger charge is -2.28. The summed E-state index contributed by atoms with van der Waals surface area (Å²) in [6.45, 7) is 3.65. The fraction of sp³-hybridized carbons (Fsp3) is 0.350. The first kappa shape index (κ1) is 23.0. The van der Waals surface area contributed by atoms with Crippen molar-refractivity contribution in [2.75, 3.05) is 20.3 Å². The van der Waals surface area contributed by atoms with Gasteiger partial charge >= 0.3 is 0 Å². The number of amides is 1. The number of ether oxygens (including phenoxy) is 2. The van der Waals surface area contributed by atoms with Crippen LogP contribution in [0.5, 0.6) is 11.6 Å². The molecule has 0 aliphatic carbocycles.